The van der Waals surface area contributed by atoms with Crippen LogP contribution in [0, 0.1) is 0 Å². The molecular formula is C16H32N2. The molecule has 1 fully saturated rings. The highest BCUT2D eigenvalue weighted by atomic mass is 15.2. The summed E-state index contributed by atoms with van der Waals surface area (Å²) in [7, 11) is 0. The highest BCUT2D eigenvalue weighted by Crippen LogP contribution is 2.30. The van der Waals surface area contributed by atoms with Crippen molar-refractivity contribution in [2.45, 2.75) is 70.9 Å². The molecule has 1 aliphatic heterocycles. The van der Waals surface area contributed by atoms with E-state index in [4.69, 9.17) is 0 Å². The van der Waals surface area contributed by atoms with E-state index in [0.717, 1.165) is 13.0 Å². The molecule has 1 N–H and O–H groups in total. The number of nitrogens with zero attached hydrogens (tertiary/aromatic N) is 1. The summed E-state index contributed by atoms with van der Waals surface area (Å²) in [4.78, 5) is 2.71. The van der Waals surface area contributed by atoms with Gasteiger partial charge in [-0.2, -0.15) is 0 Å². The fourth-order valence-corrected chi connectivity index (χ4v) is 3.15. The predicted octanol–water partition coefficient (Wildman–Crippen LogP) is 3.59. The molecule has 0 radical (unpaired) electrons. The van der Waals surface area contributed by atoms with E-state index in [-0.39, 0.29) is 0 Å². The van der Waals surface area contributed by atoms with Crippen LogP contribution in [0.2, 0.25) is 0 Å². The molecule has 106 valence electrons. The predicted molar refractivity (Wildman–Crippen MR) is 81.0 cm³/mol. The summed E-state index contributed by atoms with van der Waals surface area (Å²) < 4.78 is 0. The van der Waals surface area contributed by atoms with Gasteiger partial charge in [0.05, 0.1) is 0 Å². The lowest BCUT2D eigenvalue weighted by atomic mass is 9.84. The zero-order valence-electron chi connectivity index (χ0n) is 12.7. The van der Waals surface area contributed by atoms with Crippen LogP contribution in [-0.2, 0) is 0 Å². The topological polar surface area (TPSA) is 15.3 Å². The van der Waals surface area contributed by atoms with E-state index in [1.165, 1.54) is 45.2 Å². The number of hydrogen-bond donors (Lipinski definition) is 1. The van der Waals surface area contributed by atoms with Gasteiger partial charge in [0.15, 0.2) is 0 Å². The van der Waals surface area contributed by atoms with Crippen molar-refractivity contribution in [2.75, 3.05) is 19.6 Å². The average Bonchev–Trinajstić information content (AvgIpc) is 2.92. The van der Waals surface area contributed by atoms with Crippen molar-refractivity contribution in [3.8, 4) is 0 Å². The van der Waals surface area contributed by atoms with Crippen LogP contribution in [0.5, 0.6) is 0 Å². The molecule has 0 amide bonds. The lowest BCUT2D eigenvalue weighted by Crippen LogP contribution is -2.58. The van der Waals surface area contributed by atoms with Crippen LogP contribution in [0.4, 0.5) is 0 Å². The second kappa shape index (κ2) is 7.96. The smallest absolute Gasteiger partial charge is 0.0331 e. The maximum Gasteiger partial charge on any atom is 0.0331 e. The van der Waals surface area contributed by atoms with Gasteiger partial charge >= 0.3 is 0 Å². The highest BCUT2D eigenvalue weighted by Gasteiger charge is 2.38. The fraction of sp³-hybridized carbons (Fsp3) is 0.875. The second-order valence-corrected chi connectivity index (χ2v) is 5.78. The van der Waals surface area contributed by atoms with Crippen LogP contribution < -0.4 is 5.32 Å². The van der Waals surface area contributed by atoms with Crippen LogP contribution in [0.3, 0.4) is 0 Å². The van der Waals surface area contributed by atoms with Gasteiger partial charge in [-0.25, -0.2) is 0 Å². The van der Waals surface area contributed by atoms with E-state index < -0.39 is 0 Å². The van der Waals surface area contributed by atoms with Crippen molar-refractivity contribution >= 4 is 0 Å². The van der Waals surface area contributed by atoms with E-state index in [1.54, 1.807) is 0 Å². The Bertz CT molecular complexity index is 233. The van der Waals surface area contributed by atoms with Gasteiger partial charge in [0, 0.05) is 11.6 Å². The van der Waals surface area contributed by atoms with Gasteiger partial charge in [-0.1, -0.05) is 19.9 Å². The molecule has 0 spiro atoms. The van der Waals surface area contributed by atoms with E-state index in [1.807, 2.05) is 0 Å². The zero-order chi connectivity index (χ0) is 13.4. The molecule has 2 unspecified atom stereocenters. The monoisotopic (exact) mass is 252 g/mol. The first kappa shape index (κ1) is 15.7. The molecule has 0 aromatic rings. The van der Waals surface area contributed by atoms with Crippen molar-refractivity contribution < 1.29 is 0 Å². The Labute approximate surface area is 114 Å². The SMILES string of the molecule is C=CCCC(NCCC)C(C)(CC)N1CCCC1. The van der Waals surface area contributed by atoms with Gasteiger partial charge < -0.3 is 5.32 Å². The van der Waals surface area contributed by atoms with Crippen LogP contribution in [-0.4, -0.2) is 36.1 Å². The Kier molecular flexibility index (Phi) is 6.95. The van der Waals surface area contributed by atoms with Crippen LogP contribution in [0.1, 0.15) is 59.3 Å². The van der Waals surface area contributed by atoms with Gasteiger partial charge in [0.1, 0.15) is 0 Å². The minimum atomic E-state index is 0.314. The summed E-state index contributed by atoms with van der Waals surface area (Å²) in [6, 6.07) is 0.596. The van der Waals surface area contributed by atoms with Crippen LogP contribution >= 0.6 is 0 Å². The average molecular weight is 252 g/mol. The first-order valence-corrected chi connectivity index (χ1v) is 7.78. The van der Waals surface area contributed by atoms with Gasteiger partial charge in [0.25, 0.3) is 0 Å². The Hall–Kier alpha value is -0.340. The van der Waals surface area contributed by atoms with Crippen molar-refractivity contribution in [3.05, 3.63) is 12.7 Å². The molecule has 2 atom stereocenters. The number of likely N-dealkylation sites (tertiary alicyclic amines) is 1. The molecule has 0 aromatic heterocycles. The molecule has 2 heteroatoms. The molecule has 1 saturated heterocycles. The quantitative estimate of drug-likeness (QED) is 0.631. The highest BCUT2D eigenvalue weighted by molar-refractivity contribution is 4.98. The molecule has 1 rings (SSSR count). The van der Waals surface area contributed by atoms with Crippen molar-refractivity contribution in [1.29, 1.82) is 0 Å². The summed E-state index contributed by atoms with van der Waals surface area (Å²) >= 11 is 0. The maximum absolute atomic E-state index is 3.88. The van der Waals surface area contributed by atoms with Crippen molar-refractivity contribution in [2.24, 2.45) is 0 Å². The maximum atomic E-state index is 3.88. The summed E-state index contributed by atoms with van der Waals surface area (Å²) in [6.45, 7) is 14.6. The Morgan fingerprint density at radius 3 is 2.50 bits per heavy atom. The molecule has 0 bridgehead atoms. The lowest BCUT2D eigenvalue weighted by Gasteiger charge is -2.45. The van der Waals surface area contributed by atoms with Gasteiger partial charge in [-0.3, -0.25) is 4.90 Å². The number of rotatable bonds is 9. The summed E-state index contributed by atoms with van der Waals surface area (Å²) in [6.07, 6.45) is 9.57. The van der Waals surface area contributed by atoms with E-state index >= 15 is 0 Å². The fourth-order valence-electron chi connectivity index (χ4n) is 3.15. The minimum absolute atomic E-state index is 0.314. The first-order chi connectivity index (χ1) is 8.69. The molecule has 0 aromatic carbocycles. The minimum Gasteiger partial charge on any atom is -0.312 e. The second-order valence-electron chi connectivity index (χ2n) is 5.78. The van der Waals surface area contributed by atoms with E-state index in [0.29, 0.717) is 11.6 Å². The van der Waals surface area contributed by atoms with E-state index in [2.05, 4.69) is 43.6 Å². The first-order valence-electron chi connectivity index (χ1n) is 7.78. The third-order valence-electron chi connectivity index (χ3n) is 4.60. The van der Waals surface area contributed by atoms with Gasteiger partial charge in [0.2, 0.25) is 0 Å². The van der Waals surface area contributed by atoms with Crippen molar-refractivity contribution in [3.63, 3.8) is 0 Å². The summed E-state index contributed by atoms with van der Waals surface area (Å²) in [5.74, 6) is 0. The van der Waals surface area contributed by atoms with E-state index in [9.17, 15) is 0 Å². The number of nitrogens with one attached hydrogen (secondary N) is 1. The molecule has 0 aliphatic carbocycles. The summed E-state index contributed by atoms with van der Waals surface area (Å²) in [5.41, 5.74) is 0.314. The molecular weight excluding hydrogens is 220 g/mol. The molecule has 1 aliphatic rings. The third-order valence-corrected chi connectivity index (χ3v) is 4.60. The Morgan fingerprint density at radius 1 is 1.33 bits per heavy atom. The largest absolute Gasteiger partial charge is 0.312 e. The van der Waals surface area contributed by atoms with Crippen LogP contribution in [0.25, 0.3) is 0 Å². The third kappa shape index (κ3) is 3.83. The molecule has 0 saturated carbocycles. The number of allylic oxidation sites excluding steroid dienone is 1. The van der Waals surface area contributed by atoms with Crippen molar-refractivity contribution in [1.82, 2.24) is 10.2 Å². The normalized spacial score (nSPS) is 21.7. The molecule has 18 heavy (non-hydrogen) atoms. The standard InChI is InChI=1S/C16H32N2/c1-5-8-11-15(17-12-6-2)16(4,7-3)18-13-9-10-14-18/h5,15,17H,1,6-14H2,2-4H3. The summed E-state index contributed by atoms with van der Waals surface area (Å²) in [5, 5.41) is 3.78. The molecule has 1 heterocycles. The van der Waals surface area contributed by atoms with Crippen LogP contribution in [0.15, 0.2) is 12.7 Å². The Balaban J connectivity index is 2.71. The van der Waals surface area contributed by atoms with Gasteiger partial charge in [-0.05, 0) is 65.1 Å². The van der Waals surface area contributed by atoms with Gasteiger partial charge in [-0.15, -0.1) is 6.58 Å². The Morgan fingerprint density at radius 2 is 2.00 bits per heavy atom. The number of hydrogen-bond acceptors (Lipinski definition) is 2. The lowest BCUT2D eigenvalue weighted by molar-refractivity contribution is 0.0807. The zero-order valence-corrected chi connectivity index (χ0v) is 12.7. The molecule has 2 nitrogen and oxygen atoms in total.